The first-order valence-corrected chi connectivity index (χ1v) is 6.55. The van der Waals surface area contributed by atoms with Crippen LogP contribution < -0.4 is 11.4 Å². The van der Waals surface area contributed by atoms with E-state index in [1.165, 1.54) is 0 Å². The van der Waals surface area contributed by atoms with Crippen molar-refractivity contribution >= 4 is 11.8 Å². The summed E-state index contributed by atoms with van der Waals surface area (Å²) in [5.74, 6) is 0. The van der Waals surface area contributed by atoms with Crippen molar-refractivity contribution in [1.82, 2.24) is 14.8 Å². The van der Waals surface area contributed by atoms with Crippen molar-refractivity contribution in [2.24, 2.45) is 5.73 Å². The predicted octanol–water partition coefficient (Wildman–Crippen LogP) is 1.12. The Labute approximate surface area is 98.8 Å². The highest BCUT2D eigenvalue weighted by molar-refractivity contribution is 7.99. The fourth-order valence-electron chi connectivity index (χ4n) is 2.06. The minimum atomic E-state index is -0.125. The summed E-state index contributed by atoms with van der Waals surface area (Å²) in [6.45, 7) is 3.97. The van der Waals surface area contributed by atoms with Crippen molar-refractivity contribution < 1.29 is 0 Å². The molecule has 16 heavy (non-hydrogen) atoms. The summed E-state index contributed by atoms with van der Waals surface area (Å²) in [4.78, 5) is 11.5. The Balaban J connectivity index is 2.12. The average molecular weight is 242 g/mol. The lowest BCUT2D eigenvalue weighted by atomic mass is 10.3. The zero-order valence-electron chi connectivity index (χ0n) is 9.64. The lowest BCUT2D eigenvalue weighted by Crippen LogP contribution is -2.20. The van der Waals surface area contributed by atoms with Gasteiger partial charge in [-0.05, 0) is 33.1 Å². The van der Waals surface area contributed by atoms with Crippen molar-refractivity contribution in [2.75, 3.05) is 0 Å². The van der Waals surface area contributed by atoms with Gasteiger partial charge in [0.2, 0.25) is 0 Å². The van der Waals surface area contributed by atoms with Crippen molar-refractivity contribution in [1.29, 1.82) is 0 Å². The number of nitrogens with two attached hydrogens (primary N) is 1. The number of hydrogen-bond acceptors (Lipinski definition) is 4. The Morgan fingerprint density at radius 2 is 2.31 bits per heavy atom. The molecule has 3 N–H and O–H groups in total. The van der Waals surface area contributed by atoms with Crippen LogP contribution in [0.4, 0.5) is 0 Å². The highest BCUT2D eigenvalue weighted by Crippen LogP contribution is 2.33. The van der Waals surface area contributed by atoms with Gasteiger partial charge in [-0.15, -0.1) is 5.10 Å². The lowest BCUT2D eigenvalue weighted by molar-refractivity contribution is 0.533. The molecule has 2 unspecified atom stereocenters. The van der Waals surface area contributed by atoms with Crippen LogP contribution in [0, 0.1) is 0 Å². The molecule has 2 rings (SSSR count). The molecule has 1 heterocycles. The SMILES string of the molecule is CC(C)n1c(SC2CCC(N)C2)n[nH]c1=O. The predicted molar refractivity (Wildman–Crippen MR) is 64.7 cm³/mol. The molecule has 1 aliphatic carbocycles. The normalized spacial score (nSPS) is 25.5. The Morgan fingerprint density at radius 1 is 1.56 bits per heavy atom. The van der Waals surface area contributed by atoms with E-state index < -0.39 is 0 Å². The van der Waals surface area contributed by atoms with E-state index in [4.69, 9.17) is 5.73 Å². The molecule has 1 fully saturated rings. The zero-order valence-corrected chi connectivity index (χ0v) is 10.5. The Kier molecular flexibility index (Phi) is 3.39. The summed E-state index contributed by atoms with van der Waals surface area (Å²) >= 11 is 1.67. The molecule has 0 spiro atoms. The lowest BCUT2D eigenvalue weighted by Gasteiger charge is -2.11. The molecule has 0 aromatic carbocycles. The van der Waals surface area contributed by atoms with Crippen LogP contribution in [0.1, 0.15) is 39.2 Å². The summed E-state index contributed by atoms with van der Waals surface area (Å²) in [6.07, 6.45) is 3.21. The fraction of sp³-hybridized carbons (Fsp3) is 0.800. The zero-order chi connectivity index (χ0) is 11.7. The van der Waals surface area contributed by atoms with Crippen LogP contribution >= 0.6 is 11.8 Å². The first-order chi connectivity index (χ1) is 7.58. The van der Waals surface area contributed by atoms with Gasteiger partial charge in [-0.1, -0.05) is 11.8 Å². The molecule has 2 atom stereocenters. The third kappa shape index (κ3) is 2.32. The Hall–Kier alpha value is -0.750. The van der Waals surface area contributed by atoms with Gasteiger partial charge in [0.05, 0.1) is 0 Å². The van der Waals surface area contributed by atoms with Gasteiger partial charge in [0, 0.05) is 17.3 Å². The van der Waals surface area contributed by atoms with Crippen LogP contribution in [-0.2, 0) is 0 Å². The molecule has 0 radical (unpaired) electrons. The van der Waals surface area contributed by atoms with Crippen LogP contribution in [-0.4, -0.2) is 26.1 Å². The highest BCUT2D eigenvalue weighted by atomic mass is 32.2. The quantitative estimate of drug-likeness (QED) is 0.833. The monoisotopic (exact) mass is 242 g/mol. The largest absolute Gasteiger partial charge is 0.344 e. The number of rotatable bonds is 3. The summed E-state index contributed by atoms with van der Waals surface area (Å²) in [5, 5.41) is 7.88. The van der Waals surface area contributed by atoms with E-state index in [2.05, 4.69) is 10.2 Å². The molecular formula is C10H18N4OS. The maximum atomic E-state index is 11.5. The van der Waals surface area contributed by atoms with Gasteiger partial charge in [0.1, 0.15) is 0 Å². The van der Waals surface area contributed by atoms with Crippen LogP contribution in [0.15, 0.2) is 9.95 Å². The molecule has 1 aliphatic rings. The van der Waals surface area contributed by atoms with Gasteiger partial charge < -0.3 is 5.73 Å². The van der Waals surface area contributed by atoms with Gasteiger partial charge >= 0.3 is 5.69 Å². The molecule has 5 nitrogen and oxygen atoms in total. The van der Waals surface area contributed by atoms with Crippen molar-refractivity contribution in [2.45, 2.75) is 55.6 Å². The van der Waals surface area contributed by atoms with E-state index in [1.54, 1.807) is 16.3 Å². The summed E-state index contributed by atoms with van der Waals surface area (Å²) < 4.78 is 1.70. The van der Waals surface area contributed by atoms with Crippen LogP contribution in [0.2, 0.25) is 0 Å². The number of hydrogen-bond donors (Lipinski definition) is 2. The minimum Gasteiger partial charge on any atom is -0.328 e. The number of aromatic amines is 1. The van der Waals surface area contributed by atoms with Gasteiger partial charge in [0.15, 0.2) is 5.16 Å². The van der Waals surface area contributed by atoms with Crippen LogP contribution in [0.3, 0.4) is 0 Å². The number of H-pyrrole nitrogens is 1. The van der Waals surface area contributed by atoms with E-state index in [0.717, 1.165) is 24.4 Å². The second-order valence-electron chi connectivity index (χ2n) is 4.59. The molecular weight excluding hydrogens is 224 g/mol. The van der Waals surface area contributed by atoms with E-state index in [0.29, 0.717) is 11.3 Å². The van der Waals surface area contributed by atoms with Crippen molar-refractivity contribution in [3.8, 4) is 0 Å². The topological polar surface area (TPSA) is 76.7 Å². The Morgan fingerprint density at radius 3 is 2.88 bits per heavy atom. The second-order valence-corrected chi connectivity index (χ2v) is 5.86. The molecule has 0 amide bonds. The maximum absolute atomic E-state index is 11.5. The molecule has 1 aromatic rings. The molecule has 0 aliphatic heterocycles. The van der Waals surface area contributed by atoms with E-state index in [9.17, 15) is 4.79 Å². The molecule has 0 bridgehead atoms. The standard InChI is InChI=1S/C10H18N4OS/c1-6(2)14-9(15)12-13-10(14)16-8-4-3-7(11)5-8/h6-8H,3-5,11H2,1-2H3,(H,12,15). The first kappa shape index (κ1) is 11.7. The molecule has 90 valence electrons. The third-order valence-corrected chi connectivity index (χ3v) is 4.15. The molecule has 1 saturated carbocycles. The first-order valence-electron chi connectivity index (χ1n) is 5.67. The van der Waals surface area contributed by atoms with Crippen LogP contribution in [0.5, 0.6) is 0 Å². The van der Waals surface area contributed by atoms with Crippen molar-refractivity contribution in [3.05, 3.63) is 10.5 Å². The van der Waals surface area contributed by atoms with Crippen LogP contribution in [0.25, 0.3) is 0 Å². The smallest absolute Gasteiger partial charge is 0.328 e. The van der Waals surface area contributed by atoms with Gasteiger partial charge in [-0.2, -0.15) is 0 Å². The van der Waals surface area contributed by atoms with E-state index >= 15 is 0 Å². The second kappa shape index (κ2) is 4.63. The molecule has 1 aromatic heterocycles. The van der Waals surface area contributed by atoms with Crippen molar-refractivity contribution in [3.63, 3.8) is 0 Å². The number of nitrogens with zero attached hydrogens (tertiary/aromatic N) is 2. The number of nitrogens with one attached hydrogen (secondary N) is 1. The highest BCUT2D eigenvalue weighted by Gasteiger charge is 2.25. The molecule has 0 saturated heterocycles. The maximum Gasteiger partial charge on any atom is 0.344 e. The van der Waals surface area contributed by atoms with Gasteiger partial charge in [0.25, 0.3) is 0 Å². The number of thioether (sulfide) groups is 1. The van der Waals surface area contributed by atoms with E-state index in [1.807, 2.05) is 13.8 Å². The third-order valence-electron chi connectivity index (χ3n) is 2.89. The minimum absolute atomic E-state index is 0.125. The molecule has 6 heteroatoms. The summed E-state index contributed by atoms with van der Waals surface area (Å²) in [5.41, 5.74) is 5.75. The summed E-state index contributed by atoms with van der Waals surface area (Å²) in [7, 11) is 0. The van der Waals surface area contributed by atoms with Gasteiger partial charge in [-0.25, -0.2) is 9.89 Å². The number of aromatic nitrogens is 3. The summed E-state index contributed by atoms with van der Waals surface area (Å²) in [6, 6.07) is 0.458. The Bertz CT molecular complexity index is 411. The fourth-order valence-corrected chi connectivity index (χ4v) is 3.46. The average Bonchev–Trinajstić information content (AvgIpc) is 2.74. The van der Waals surface area contributed by atoms with Gasteiger partial charge in [-0.3, -0.25) is 4.57 Å². The van der Waals surface area contributed by atoms with E-state index in [-0.39, 0.29) is 11.7 Å².